The summed E-state index contributed by atoms with van der Waals surface area (Å²) in [7, 11) is 0. The second kappa shape index (κ2) is 4.29. The number of likely N-dealkylation sites (tertiary alicyclic amines) is 1. The molecule has 0 spiro atoms. The molecule has 1 aliphatic heterocycles. The van der Waals surface area contributed by atoms with E-state index in [4.69, 9.17) is 4.42 Å². The lowest BCUT2D eigenvalue weighted by molar-refractivity contribution is -0.128. The molecule has 1 aromatic rings. The summed E-state index contributed by atoms with van der Waals surface area (Å²) in [6, 6.07) is 3.23. The van der Waals surface area contributed by atoms with Gasteiger partial charge in [0.2, 0.25) is 5.91 Å². The standard InChI is InChI=1S/C11H13NO3/c13-10-6-2-1-3-7-12(10)11(14)9-5-4-8-15-9/h4-5,8H,1-3,6-7H2. The number of hydrogen-bond donors (Lipinski definition) is 0. The highest BCUT2D eigenvalue weighted by Crippen LogP contribution is 2.14. The van der Waals surface area contributed by atoms with Gasteiger partial charge in [0.1, 0.15) is 0 Å². The summed E-state index contributed by atoms with van der Waals surface area (Å²) >= 11 is 0. The van der Waals surface area contributed by atoms with Gasteiger partial charge in [-0.2, -0.15) is 0 Å². The Morgan fingerprint density at radius 2 is 2.20 bits per heavy atom. The number of rotatable bonds is 1. The second-order valence-corrected chi connectivity index (χ2v) is 3.64. The molecule has 1 aromatic heterocycles. The number of amides is 2. The summed E-state index contributed by atoms with van der Waals surface area (Å²) in [6.45, 7) is 0.512. The normalized spacial score (nSPS) is 17.6. The molecule has 0 saturated carbocycles. The maximum Gasteiger partial charge on any atom is 0.296 e. The first-order valence-corrected chi connectivity index (χ1v) is 5.17. The zero-order valence-electron chi connectivity index (χ0n) is 8.44. The van der Waals surface area contributed by atoms with E-state index in [9.17, 15) is 9.59 Å². The molecule has 1 fully saturated rings. The molecule has 0 unspecified atom stereocenters. The van der Waals surface area contributed by atoms with Crippen molar-refractivity contribution in [2.75, 3.05) is 6.54 Å². The van der Waals surface area contributed by atoms with Crippen LogP contribution >= 0.6 is 0 Å². The average molecular weight is 207 g/mol. The highest BCUT2D eigenvalue weighted by molar-refractivity contribution is 6.03. The zero-order chi connectivity index (χ0) is 10.7. The summed E-state index contributed by atoms with van der Waals surface area (Å²) in [5.41, 5.74) is 0. The minimum absolute atomic E-state index is 0.0890. The van der Waals surface area contributed by atoms with Crippen LogP contribution in [-0.2, 0) is 4.79 Å². The van der Waals surface area contributed by atoms with E-state index in [0.717, 1.165) is 19.3 Å². The number of carbonyl (C=O) groups is 2. The van der Waals surface area contributed by atoms with Crippen molar-refractivity contribution >= 4 is 11.8 Å². The van der Waals surface area contributed by atoms with Gasteiger partial charge in [0.05, 0.1) is 6.26 Å². The van der Waals surface area contributed by atoms with Crippen LogP contribution in [0, 0.1) is 0 Å². The molecule has 0 aliphatic carbocycles. The molecular formula is C11H13NO3. The van der Waals surface area contributed by atoms with Gasteiger partial charge in [-0.05, 0) is 25.0 Å². The van der Waals surface area contributed by atoms with Gasteiger partial charge in [0.15, 0.2) is 5.76 Å². The molecule has 0 aromatic carbocycles. The lowest BCUT2D eigenvalue weighted by Crippen LogP contribution is -2.36. The maximum absolute atomic E-state index is 11.8. The van der Waals surface area contributed by atoms with Crippen molar-refractivity contribution in [3.05, 3.63) is 24.2 Å². The average Bonchev–Trinajstić information content (AvgIpc) is 2.68. The summed E-state index contributed by atoms with van der Waals surface area (Å²) in [5.74, 6) is -0.161. The smallest absolute Gasteiger partial charge is 0.296 e. The van der Waals surface area contributed by atoms with Gasteiger partial charge in [0.25, 0.3) is 5.91 Å². The van der Waals surface area contributed by atoms with Crippen LogP contribution in [0.1, 0.15) is 36.2 Å². The molecule has 4 nitrogen and oxygen atoms in total. The van der Waals surface area contributed by atoms with Gasteiger partial charge in [-0.25, -0.2) is 0 Å². The maximum atomic E-state index is 11.8. The number of imide groups is 1. The zero-order valence-corrected chi connectivity index (χ0v) is 8.44. The van der Waals surface area contributed by atoms with Crippen LogP contribution in [0.15, 0.2) is 22.8 Å². The Morgan fingerprint density at radius 1 is 1.33 bits per heavy atom. The molecule has 4 heteroatoms. The molecule has 2 amide bonds. The second-order valence-electron chi connectivity index (χ2n) is 3.64. The van der Waals surface area contributed by atoms with Crippen molar-refractivity contribution in [2.24, 2.45) is 0 Å². The Kier molecular flexibility index (Phi) is 2.85. The quantitative estimate of drug-likeness (QED) is 0.660. The molecule has 0 N–H and O–H groups in total. The van der Waals surface area contributed by atoms with Gasteiger partial charge in [-0.1, -0.05) is 6.42 Å². The van der Waals surface area contributed by atoms with Crippen LogP contribution in [0.4, 0.5) is 0 Å². The molecule has 0 radical (unpaired) electrons. The van der Waals surface area contributed by atoms with E-state index >= 15 is 0 Å². The largest absolute Gasteiger partial charge is 0.459 e. The highest BCUT2D eigenvalue weighted by Gasteiger charge is 2.25. The first-order valence-electron chi connectivity index (χ1n) is 5.17. The molecular weight excluding hydrogens is 194 g/mol. The van der Waals surface area contributed by atoms with Crippen molar-refractivity contribution < 1.29 is 14.0 Å². The Balaban J connectivity index is 2.14. The molecule has 2 rings (SSSR count). The van der Waals surface area contributed by atoms with Gasteiger partial charge in [0, 0.05) is 13.0 Å². The van der Waals surface area contributed by atoms with Crippen molar-refractivity contribution in [2.45, 2.75) is 25.7 Å². The van der Waals surface area contributed by atoms with E-state index < -0.39 is 0 Å². The monoisotopic (exact) mass is 207 g/mol. The van der Waals surface area contributed by atoms with Crippen molar-refractivity contribution in [1.29, 1.82) is 0 Å². The number of hydrogen-bond acceptors (Lipinski definition) is 3. The molecule has 2 heterocycles. The Hall–Kier alpha value is -1.58. The van der Waals surface area contributed by atoms with Gasteiger partial charge in [-0.3, -0.25) is 14.5 Å². The topological polar surface area (TPSA) is 50.5 Å². The minimum atomic E-state index is -0.313. The Bertz CT molecular complexity index is 356. The minimum Gasteiger partial charge on any atom is -0.459 e. The summed E-state index contributed by atoms with van der Waals surface area (Å²) in [6.07, 6.45) is 4.68. The number of carbonyl (C=O) groups excluding carboxylic acids is 2. The third-order valence-corrected chi connectivity index (χ3v) is 2.55. The van der Waals surface area contributed by atoms with Crippen molar-refractivity contribution in [3.8, 4) is 0 Å². The highest BCUT2D eigenvalue weighted by atomic mass is 16.3. The molecule has 80 valence electrons. The van der Waals surface area contributed by atoms with Crippen LogP contribution in [0.5, 0.6) is 0 Å². The lowest BCUT2D eigenvalue weighted by Gasteiger charge is -2.16. The molecule has 0 bridgehead atoms. The van der Waals surface area contributed by atoms with E-state index in [1.54, 1.807) is 12.1 Å². The number of nitrogens with zero attached hydrogens (tertiary/aromatic N) is 1. The molecule has 15 heavy (non-hydrogen) atoms. The summed E-state index contributed by atoms with van der Waals surface area (Å²) < 4.78 is 4.99. The lowest BCUT2D eigenvalue weighted by atomic mass is 10.2. The Labute approximate surface area is 87.9 Å². The van der Waals surface area contributed by atoms with Gasteiger partial charge in [-0.15, -0.1) is 0 Å². The summed E-state index contributed by atoms with van der Waals surface area (Å²) in [4.78, 5) is 24.7. The number of furan rings is 1. The van der Waals surface area contributed by atoms with Crippen molar-refractivity contribution in [3.63, 3.8) is 0 Å². The third-order valence-electron chi connectivity index (χ3n) is 2.55. The van der Waals surface area contributed by atoms with E-state index in [-0.39, 0.29) is 17.6 Å². The Morgan fingerprint density at radius 3 is 2.93 bits per heavy atom. The molecule has 0 atom stereocenters. The fraction of sp³-hybridized carbons (Fsp3) is 0.455. The van der Waals surface area contributed by atoms with E-state index in [1.165, 1.54) is 11.2 Å². The fourth-order valence-electron chi connectivity index (χ4n) is 1.73. The first-order chi connectivity index (χ1) is 7.29. The van der Waals surface area contributed by atoms with Crippen LogP contribution in [0.3, 0.4) is 0 Å². The summed E-state index contributed by atoms with van der Waals surface area (Å²) in [5, 5.41) is 0. The van der Waals surface area contributed by atoms with Gasteiger partial charge < -0.3 is 4.42 Å². The first kappa shape index (κ1) is 9.96. The third kappa shape index (κ3) is 2.09. The van der Waals surface area contributed by atoms with Crippen molar-refractivity contribution in [1.82, 2.24) is 4.90 Å². The van der Waals surface area contributed by atoms with Gasteiger partial charge >= 0.3 is 0 Å². The van der Waals surface area contributed by atoms with E-state index in [1.807, 2.05) is 0 Å². The SMILES string of the molecule is O=C1CCCCCN1C(=O)c1ccco1. The molecule has 1 aliphatic rings. The van der Waals surface area contributed by atoms with Crippen LogP contribution < -0.4 is 0 Å². The van der Waals surface area contributed by atoms with E-state index in [0.29, 0.717) is 13.0 Å². The van der Waals surface area contributed by atoms with Crippen LogP contribution in [0.25, 0.3) is 0 Å². The predicted octanol–water partition coefficient (Wildman–Crippen LogP) is 1.82. The predicted molar refractivity (Wildman–Crippen MR) is 53.2 cm³/mol. The van der Waals surface area contributed by atoms with Crippen LogP contribution in [-0.4, -0.2) is 23.3 Å². The van der Waals surface area contributed by atoms with Crippen LogP contribution in [0.2, 0.25) is 0 Å². The fourth-order valence-corrected chi connectivity index (χ4v) is 1.73. The van der Waals surface area contributed by atoms with E-state index in [2.05, 4.69) is 0 Å². The molecule has 1 saturated heterocycles.